The van der Waals surface area contributed by atoms with Crippen LogP contribution in [0.25, 0.3) is 0 Å². The van der Waals surface area contributed by atoms with Gasteiger partial charge in [-0.1, -0.05) is 12.8 Å². The SMILES string of the molecule is Cc1cc(C(=O)N2CCCN(C(=O)NC3CCCC3)CC2)c(C)[nH]1. The van der Waals surface area contributed by atoms with Crippen molar-refractivity contribution in [2.24, 2.45) is 0 Å². The lowest BCUT2D eigenvalue weighted by Gasteiger charge is -2.24. The van der Waals surface area contributed by atoms with E-state index >= 15 is 0 Å². The number of aromatic nitrogens is 1. The Balaban J connectivity index is 1.57. The van der Waals surface area contributed by atoms with Crippen LogP contribution in [0.4, 0.5) is 4.79 Å². The molecule has 2 N–H and O–H groups in total. The van der Waals surface area contributed by atoms with E-state index in [1.165, 1.54) is 12.8 Å². The number of hydrogen-bond acceptors (Lipinski definition) is 2. The summed E-state index contributed by atoms with van der Waals surface area (Å²) in [5.74, 6) is 0.0647. The Labute approximate surface area is 143 Å². The quantitative estimate of drug-likeness (QED) is 0.873. The van der Waals surface area contributed by atoms with Gasteiger partial charge in [0.05, 0.1) is 5.56 Å². The topological polar surface area (TPSA) is 68.4 Å². The molecule has 6 heteroatoms. The molecule has 1 aromatic rings. The van der Waals surface area contributed by atoms with Gasteiger partial charge in [0.15, 0.2) is 0 Å². The summed E-state index contributed by atoms with van der Waals surface area (Å²) in [4.78, 5) is 32.1. The Bertz CT molecular complexity index is 604. The number of hydrogen-bond donors (Lipinski definition) is 2. The molecule has 0 aromatic carbocycles. The van der Waals surface area contributed by atoms with Crippen LogP contribution in [0.5, 0.6) is 0 Å². The lowest BCUT2D eigenvalue weighted by molar-refractivity contribution is 0.0761. The van der Waals surface area contributed by atoms with E-state index in [1.807, 2.05) is 29.7 Å². The molecule has 0 radical (unpaired) electrons. The highest BCUT2D eigenvalue weighted by molar-refractivity contribution is 5.95. The van der Waals surface area contributed by atoms with Gasteiger partial charge in [-0.25, -0.2) is 4.79 Å². The molecule has 0 spiro atoms. The summed E-state index contributed by atoms with van der Waals surface area (Å²) >= 11 is 0. The zero-order chi connectivity index (χ0) is 17.1. The second-order valence-electron chi connectivity index (χ2n) is 7.05. The first-order chi connectivity index (χ1) is 11.5. The van der Waals surface area contributed by atoms with Crippen molar-refractivity contribution in [3.05, 3.63) is 23.0 Å². The summed E-state index contributed by atoms with van der Waals surface area (Å²) in [5, 5.41) is 3.14. The Kier molecular flexibility index (Phi) is 5.11. The van der Waals surface area contributed by atoms with Crippen LogP contribution in [0.1, 0.15) is 53.8 Å². The minimum Gasteiger partial charge on any atom is -0.362 e. The van der Waals surface area contributed by atoms with E-state index in [1.54, 1.807) is 0 Å². The largest absolute Gasteiger partial charge is 0.362 e. The van der Waals surface area contributed by atoms with E-state index in [4.69, 9.17) is 0 Å². The molecular formula is C18H28N4O2. The number of aromatic amines is 1. The third kappa shape index (κ3) is 3.74. The van der Waals surface area contributed by atoms with Gasteiger partial charge >= 0.3 is 6.03 Å². The standard InChI is InChI=1S/C18H28N4O2/c1-13-12-16(14(2)19-13)17(23)21-8-5-9-22(11-10-21)18(24)20-15-6-3-4-7-15/h12,15,19H,3-11H2,1-2H3,(H,20,24). The fourth-order valence-corrected chi connectivity index (χ4v) is 3.78. The summed E-state index contributed by atoms with van der Waals surface area (Å²) in [5.41, 5.74) is 2.66. The zero-order valence-corrected chi connectivity index (χ0v) is 14.7. The molecule has 1 saturated heterocycles. The van der Waals surface area contributed by atoms with Crippen molar-refractivity contribution in [2.75, 3.05) is 26.2 Å². The molecule has 2 heterocycles. The first-order valence-corrected chi connectivity index (χ1v) is 9.05. The molecular weight excluding hydrogens is 304 g/mol. The summed E-state index contributed by atoms with van der Waals surface area (Å²) in [6, 6.07) is 2.28. The van der Waals surface area contributed by atoms with E-state index in [0.29, 0.717) is 32.2 Å². The zero-order valence-electron chi connectivity index (χ0n) is 14.7. The minimum absolute atomic E-state index is 0.0323. The number of carbonyl (C=O) groups is 2. The number of aryl methyl sites for hydroxylation is 2. The third-order valence-corrected chi connectivity index (χ3v) is 5.13. The van der Waals surface area contributed by atoms with Gasteiger partial charge in [0.25, 0.3) is 5.91 Å². The Morgan fingerprint density at radius 3 is 2.38 bits per heavy atom. The predicted molar refractivity (Wildman–Crippen MR) is 93.1 cm³/mol. The lowest BCUT2D eigenvalue weighted by atomic mass is 10.2. The van der Waals surface area contributed by atoms with Gasteiger partial charge in [0.1, 0.15) is 0 Å². The van der Waals surface area contributed by atoms with Crippen molar-refractivity contribution in [3.63, 3.8) is 0 Å². The average molecular weight is 332 g/mol. The van der Waals surface area contributed by atoms with Crippen molar-refractivity contribution < 1.29 is 9.59 Å². The third-order valence-electron chi connectivity index (χ3n) is 5.13. The number of rotatable bonds is 2. The number of nitrogens with one attached hydrogen (secondary N) is 2. The van der Waals surface area contributed by atoms with Gasteiger partial charge < -0.3 is 20.1 Å². The fraction of sp³-hybridized carbons (Fsp3) is 0.667. The van der Waals surface area contributed by atoms with Crippen LogP contribution >= 0.6 is 0 Å². The van der Waals surface area contributed by atoms with Crippen LogP contribution in [-0.4, -0.2) is 58.9 Å². The van der Waals surface area contributed by atoms with Crippen molar-refractivity contribution >= 4 is 11.9 Å². The molecule has 2 fully saturated rings. The average Bonchev–Trinajstić information content (AvgIpc) is 3.08. The van der Waals surface area contributed by atoms with Crippen LogP contribution < -0.4 is 5.32 Å². The van der Waals surface area contributed by atoms with E-state index in [9.17, 15) is 9.59 Å². The second-order valence-corrected chi connectivity index (χ2v) is 7.05. The molecule has 0 bridgehead atoms. The van der Waals surface area contributed by atoms with Crippen LogP contribution in [0.15, 0.2) is 6.07 Å². The number of carbonyl (C=O) groups excluding carboxylic acids is 2. The van der Waals surface area contributed by atoms with Gasteiger partial charge in [-0.3, -0.25) is 4.79 Å². The molecule has 3 amide bonds. The van der Waals surface area contributed by atoms with Gasteiger partial charge in [-0.05, 0) is 39.2 Å². The number of nitrogens with zero attached hydrogens (tertiary/aromatic N) is 2. The molecule has 1 aliphatic heterocycles. The highest BCUT2D eigenvalue weighted by Gasteiger charge is 2.26. The smallest absolute Gasteiger partial charge is 0.317 e. The van der Waals surface area contributed by atoms with Crippen LogP contribution in [0, 0.1) is 13.8 Å². The van der Waals surface area contributed by atoms with Gasteiger partial charge in [-0.15, -0.1) is 0 Å². The molecule has 0 unspecified atom stereocenters. The second kappa shape index (κ2) is 7.28. The number of H-pyrrole nitrogens is 1. The highest BCUT2D eigenvalue weighted by Crippen LogP contribution is 2.18. The maximum absolute atomic E-state index is 12.7. The van der Waals surface area contributed by atoms with Gasteiger partial charge in [0.2, 0.25) is 0 Å². The number of urea groups is 1. The molecule has 1 saturated carbocycles. The van der Waals surface area contributed by atoms with Gasteiger partial charge in [-0.2, -0.15) is 0 Å². The van der Waals surface area contributed by atoms with Crippen molar-refractivity contribution in [1.82, 2.24) is 20.1 Å². The van der Waals surface area contributed by atoms with Crippen molar-refractivity contribution in [2.45, 2.75) is 52.0 Å². The molecule has 132 valence electrons. The van der Waals surface area contributed by atoms with Crippen LogP contribution in [-0.2, 0) is 0 Å². The summed E-state index contributed by atoms with van der Waals surface area (Å²) in [6.45, 7) is 6.51. The first-order valence-electron chi connectivity index (χ1n) is 9.05. The molecule has 6 nitrogen and oxygen atoms in total. The number of amides is 3. The fourth-order valence-electron chi connectivity index (χ4n) is 3.78. The molecule has 2 aliphatic rings. The monoisotopic (exact) mass is 332 g/mol. The van der Waals surface area contributed by atoms with E-state index in [-0.39, 0.29) is 11.9 Å². The molecule has 24 heavy (non-hydrogen) atoms. The Morgan fingerprint density at radius 1 is 1.04 bits per heavy atom. The molecule has 1 aliphatic carbocycles. The Hall–Kier alpha value is -1.98. The van der Waals surface area contributed by atoms with E-state index < -0.39 is 0 Å². The summed E-state index contributed by atoms with van der Waals surface area (Å²) in [6.07, 6.45) is 5.43. The summed E-state index contributed by atoms with van der Waals surface area (Å²) < 4.78 is 0. The summed E-state index contributed by atoms with van der Waals surface area (Å²) in [7, 11) is 0. The van der Waals surface area contributed by atoms with Crippen molar-refractivity contribution in [1.29, 1.82) is 0 Å². The lowest BCUT2D eigenvalue weighted by Crippen LogP contribution is -2.45. The maximum Gasteiger partial charge on any atom is 0.317 e. The normalized spacial score (nSPS) is 19.4. The van der Waals surface area contributed by atoms with Crippen LogP contribution in [0.2, 0.25) is 0 Å². The highest BCUT2D eigenvalue weighted by atomic mass is 16.2. The molecule has 0 atom stereocenters. The predicted octanol–water partition coefficient (Wildman–Crippen LogP) is 2.43. The van der Waals surface area contributed by atoms with Crippen molar-refractivity contribution in [3.8, 4) is 0 Å². The minimum atomic E-state index is 0.0323. The first kappa shape index (κ1) is 16.9. The van der Waals surface area contributed by atoms with E-state index in [0.717, 1.165) is 36.2 Å². The molecule has 1 aromatic heterocycles. The maximum atomic E-state index is 12.7. The molecule has 3 rings (SSSR count). The van der Waals surface area contributed by atoms with Crippen LogP contribution in [0.3, 0.4) is 0 Å². The van der Waals surface area contributed by atoms with Gasteiger partial charge in [0, 0.05) is 43.6 Å². The van der Waals surface area contributed by atoms with E-state index in [2.05, 4.69) is 10.3 Å². The Morgan fingerprint density at radius 2 is 1.71 bits per heavy atom.